The van der Waals surface area contributed by atoms with Crippen molar-refractivity contribution >= 4 is 12.6 Å². The molecule has 0 bridgehead atoms. The molecule has 0 aromatic heterocycles. The van der Waals surface area contributed by atoms with Gasteiger partial charge in [-0.05, 0) is 6.42 Å². The molecule has 88 valence electrons. The van der Waals surface area contributed by atoms with Crippen LogP contribution in [0.3, 0.4) is 0 Å². The van der Waals surface area contributed by atoms with Crippen molar-refractivity contribution < 1.29 is 9.59 Å². The van der Waals surface area contributed by atoms with Crippen LogP contribution in [0.4, 0.5) is 0 Å². The molecule has 0 heterocycles. The van der Waals surface area contributed by atoms with Gasteiger partial charge < -0.3 is 16.3 Å². The van der Waals surface area contributed by atoms with E-state index >= 15 is 0 Å². The topological polar surface area (TPSA) is 86.2 Å². The van der Waals surface area contributed by atoms with Crippen molar-refractivity contribution in [3.63, 3.8) is 0 Å². The maximum Gasteiger partial charge on any atom is 0.154 e. The zero-order chi connectivity index (χ0) is 11.7. The Morgan fingerprint density at radius 3 is 2.20 bits per heavy atom. The van der Waals surface area contributed by atoms with E-state index in [1.807, 2.05) is 0 Å². The van der Waals surface area contributed by atoms with Gasteiger partial charge in [0.25, 0.3) is 0 Å². The van der Waals surface area contributed by atoms with E-state index in [-0.39, 0.29) is 0 Å². The van der Waals surface area contributed by atoms with E-state index in [2.05, 4.69) is 6.92 Å². The first-order valence-corrected chi connectivity index (χ1v) is 5.57. The van der Waals surface area contributed by atoms with Crippen molar-refractivity contribution in [3.8, 4) is 0 Å². The Kier molecular flexibility index (Phi) is 7.17. The number of carbonyl (C=O) groups excluding carboxylic acids is 2. The molecule has 0 aliphatic heterocycles. The maximum atomic E-state index is 10.7. The molecule has 0 aromatic carbocycles. The fourth-order valence-corrected chi connectivity index (χ4v) is 1.49. The van der Waals surface area contributed by atoms with Crippen LogP contribution in [0.2, 0.25) is 0 Å². The zero-order valence-corrected chi connectivity index (χ0v) is 9.45. The lowest BCUT2D eigenvalue weighted by Gasteiger charge is -2.23. The van der Waals surface area contributed by atoms with Gasteiger partial charge in [0.15, 0.2) is 6.29 Å². The van der Waals surface area contributed by atoms with E-state index in [0.717, 1.165) is 19.3 Å². The summed E-state index contributed by atoms with van der Waals surface area (Å²) in [7, 11) is 0. The van der Waals surface area contributed by atoms with Crippen LogP contribution in [-0.4, -0.2) is 18.2 Å². The first-order valence-electron chi connectivity index (χ1n) is 5.57. The summed E-state index contributed by atoms with van der Waals surface area (Å²) < 4.78 is 0. The summed E-state index contributed by atoms with van der Waals surface area (Å²) in [4.78, 5) is 21.3. The van der Waals surface area contributed by atoms with Crippen LogP contribution >= 0.6 is 0 Å². The van der Waals surface area contributed by atoms with Crippen LogP contribution in [0.5, 0.6) is 0 Å². The minimum atomic E-state index is -1.49. The Bertz CT molecular complexity index is 193. The van der Waals surface area contributed by atoms with Crippen molar-refractivity contribution in [1.29, 1.82) is 0 Å². The SMILES string of the molecule is CCCCCCCC(C=O)C(N)(N)C=O. The Morgan fingerprint density at radius 2 is 1.73 bits per heavy atom. The Hall–Kier alpha value is -0.740. The van der Waals surface area contributed by atoms with Crippen LogP contribution in [-0.2, 0) is 9.59 Å². The van der Waals surface area contributed by atoms with Gasteiger partial charge in [-0.15, -0.1) is 0 Å². The highest BCUT2D eigenvalue weighted by molar-refractivity contribution is 5.71. The Morgan fingerprint density at radius 1 is 1.13 bits per heavy atom. The van der Waals surface area contributed by atoms with E-state index in [0.29, 0.717) is 19.0 Å². The van der Waals surface area contributed by atoms with Crippen LogP contribution in [0, 0.1) is 5.92 Å². The van der Waals surface area contributed by atoms with Crippen LogP contribution < -0.4 is 11.5 Å². The second-order valence-electron chi connectivity index (χ2n) is 4.06. The van der Waals surface area contributed by atoms with Gasteiger partial charge in [-0.1, -0.05) is 39.0 Å². The average molecular weight is 214 g/mol. The van der Waals surface area contributed by atoms with E-state index in [9.17, 15) is 9.59 Å². The molecule has 0 aliphatic rings. The molecule has 0 aliphatic carbocycles. The normalized spacial score (nSPS) is 13.5. The molecule has 0 rings (SSSR count). The molecule has 15 heavy (non-hydrogen) atoms. The number of unbranched alkanes of at least 4 members (excludes halogenated alkanes) is 4. The van der Waals surface area contributed by atoms with Crippen molar-refractivity contribution in [2.24, 2.45) is 17.4 Å². The molecule has 4 nitrogen and oxygen atoms in total. The second-order valence-corrected chi connectivity index (χ2v) is 4.06. The summed E-state index contributed by atoms with van der Waals surface area (Å²) >= 11 is 0. The summed E-state index contributed by atoms with van der Waals surface area (Å²) in [5, 5.41) is 0. The number of aldehydes is 2. The van der Waals surface area contributed by atoms with Gasteiger partial charge in [0.2, 0.25) is 0 Å². The average Bonchev–Trinajstić information content (AvgIpc) is 2.23. The van der Waals surface area contributed by atoms with Crippen molar-refractivity contribution in [1.82, 2.24) is 0 Å². The molecular weight excluding hydrogens is 192 g/mol. The van der Waals surface area contributed by atoms with Gasteiger partial charge in [-0.3, -0.25) is 4.79 Å². The molecule has 0 aromatic rings. The molecule has 4 N–H and O–H groups in total. The lowest BCUT2D eigenvalue weighted by molar-refractivity contribution is -0.120. The molecule has 0 radical (unpaired) electrons. The summed E-state index contributed by atoms with van der Waals surface area (Å²) in [6.45, 7) is 2.14. The number of nitrogens with two attached hydrogens (primary N) is 2. The highest BCUT2D eigenvalue weighted by Gasteiger charge is 2.29. The highest BCUT2D eigenvalue weighted by Crippen LogP contribution is 2.15. The van der Waals surface area contributed by atoms with E-state index in [1.54, 1.807) is 0 Å². The van der Waals surface area contributed by atoms with E-state index in [4.69, 9.17) is 11.5 Å². The molecule has 0 spiro atoms. The van der Waals surface area contributed by atoms with E-state index in [1.165, 1.54) is 12.8 Å². The molecule has 0 saturated carbocycles. The number of hydrogen-bond acceptors (Lipinski definition) is 4. The molecule has 0 amide bonds. The Labute approximate surface area is 91.4 Å². The third-order valence-electron chi connectivity index (χ3n) is 2.63. The lowest BCUT2D eigenvalue weighted by Crippen LogP contribution is -2.57. The van der Waals surface area contributed by atoms with Gasteiger partial charge >= 0.3 is 0 Å². The highest BCUT2D eigenvalue weighted by atomic mass is 16.1. The Balaban J connectivity index is 3.81. The molecule has 0 saturated heterocycles. The summed E-state index contributed by atoms with van der Waals surface area (Å²) in [5.74, 6) is -0.559. The number of carbonyl (C=O) groups is 2. The molecule has 1 atom stereocenters. The third kappa shape index (κ3) is 5.64. The largest absolute Gasteiger partial charge is 0.307 e. The fourth-order valence-electron chi connectivity index (χ4n) is 1.49. The first kappa shape index (κ1) is 14.3. The summed E-state index contributed by atoms with van der Waals surface area (Å²) in [6.07, 6.45) is 7.25. The van der Waals surface area contributed by atoms with Crippen molar-refractivity contribution in [2.75, 3.05) is 0 Å². The third-order valence-corrected chi connectivity index (χ3v) is 2.63. The van der Waals surface area contributed by atoms with Gasteiger partial charge in [0.1, 0.15) is 11.9 Å². The fraction of sp³-hybridized carbons (Fsp3) is 0.818. The maximum absolute atomic E-state index is 10.7. The van der Waals surface area contributed by atoms with Gasteiger partial charge in [0, 0.05) is 0 Å². The quantitative estimate of drug-likeness (QED) is 0.340. The molecular formula is C11H22N2O2. The predicted molar refractivity (Wildman–Crippen MR) is 60.1 cm³/mol. The van der Waals surface area contributed by atoms with E-state index < -0.39 is 11.6 Å². The smallest absolute Gasteiger partial charge is 0.154 e. The second kappa shape index (κ2) is 7.54. The molecule has 4 heteroatoms. The number of rotatable bonds is 9. The molecule has 1 unspecified atom stereocenters. The first-order chi connectivity index (χ1) is 7.08. The van der Waals surface area contributed by atoms with Crippen LogP contribution in [0.1, 0.15) is 45.4 Å². The van der Waals surface area contributed by atoms with Gasteiger partial charge in [0.05, 0.1) is 5.92 Å². The predicted octanol–water partition coefficient (Wildman–Crippen LogP) is 0.975. The van der Waals surface area contributed by atoms with Crippen molar-refractivity contribution in [2.45, 2.75) is 51.1 Å². The zero-order valence-electron chi connectivity index (χ0n) is 9.45. The number of hydrogen-bond donors (Lipinski definition) is 2. The summed E-state index contributed by atoms with van der Waals surface area (Å²) in [6, 6.07) is 0. The minimum Gasteiger partial charge on any atom is -0.307 e. The minimum absolute atomic E-state index is 0.456. The van der Waals surface area contributed by atoms with Crippen molar-refractivity contribution in [3.05, 3.63) is 0 Å². The lowest BCUT2D eigenvalue weighted by atomic mass is 9.91. The van der Waals surface area contributed by atoms with Gasteiger partial charge in [-0.25, -0.2) is 0 Å². The van der Waals surface area contributed by atoms with Gasteiger partial charge in [-0.2, -0.15) is 0 Å². The van der Waals surface area contributed by atoms with Crippen LogP contribution in [0.25, 0.3) is 0 Å². The van der Waals surface area contributed by atoms with Crippen LogP contribution in [0.15, 0.2) is 0 Å². The monoisotopic (exact) mass is 214 g/mol. The summed E-state index contributed by atoms with van der Waals surface area (Å²) in [5.41, 5.74) is 9.49. The standard InChI is InChI=1S/C11H22N2O2/c1-2-3-4-5-6-7-10(8-14)11(12,13)9-15/h8-10H,2-7,12-13H2,1H3. The molecule has 0 fully saturated rings.